The monoisotopic (exact) mass is 416 g/mol. The zero-order valence-electron chi connectivity index (χ0n) is 17.9. The van der Waals surface area contributed by atoms with Gasteiger partial charge >= 0.3 is 6.09 Å². The van der Waals surface area contributed by atoms with Gasteiger partial charge in [0.15, 0.2) is 0 Å². The van der Waals surface area contributed by atoms with E-state index in [0.29, 0.717) is 11.5 Å². The van der Waals surface area contributed by atoms with Gasteiger partial charge in [-0.1, -0.05) is 29.8 Å². The highest BCUT2D eigenvalue weighted by molar-refractivity contribution is 6.30. The molecule has 0 radical (unpaired) electrons. The van der Waals surface area contributed by atoms with E-state index in [4.69, 9.17) is 16.3 Å². The van der Waals surface area contributed by atoms with E-state index >= 15 is 0 Å². The van der Waals surface area contributed by atoms with Gasteiger partial charge in [0.05, 0.1) is 0 Å². The molecule has 4 rings (SSSR count). The van der Waals surface area contributed by atoms with Gasteiger partial charge in [-0.05, 0) is 81.6 Å². The van der Waals surface area contributed by atoms with E-state index in [1.54, 1.807) is 0 Å². The quantitative estimate of drug-likeness (QED) is 0.628. The normalized spacial score (nSPS) is 24.8. The second kappa shape index (κ2) is 7.96. The number of carbonyl (C=O) groups excluding carboxylic acids is 1. The molecule has 5 heteroatoms. The third-order valence-electron chi connectivity index (χ3n) is 6.58. The molecule has 158 valence electrons. The molecule has 1 atom stereocenters. The Kier molecular flexibility index (Phi) is 5.69. The summed E-state index contributed by atoms with van der Waals surface area (Å²) >= 11 is 6.09. The predicted molar refractivity (Wildman–Crippen MR) is 118 cm³/mol. The molecule has 0 saturated carbocycles. The van der Waals surface area contributed by atoms with Gasteiger partial charge in [-0.15, -0.1) is 0 Å². The van der Waals surface area contributed by atoms with Crippen molar-refractivity contribution in [3.63, 3.8) is 0 Å². The van der Waals surface area contributed by atoms with Gasteiger partial charge in [0.2, 0.25) is 0 Å². The van der Waals surface area contributed by atoms with Crippen LogP contribution in [0.3, 0.4) is 0 Å². The van der Waals surface area contributed by atoms with Gasteiger partial charge in [0, 0.05) is 37.2 Å². The minimum atomic E-state index is -0.426. The van der Waals surface area contributed by atoms with Crippen LogP contribution in [0.1, 0.15) is 58.4 Å². The van der Waals surface area contributed by atoms with Crippen molar-refractivity contribution < 1.29 is 9.53 Å². The van der Waals surface area contributed by atoms with E-state index in [-0.39, 0.29) is 6.09 Å². The highest BCUT2D eigenvalue weighted by atomic mass is 35.5. The maximum Gasteiger partial charge on any atom is 0.410 e. The number of rotatable bonds is 2. The summed E-state index contributed by atoms with van der Waals surface area (Å²) in [5.74, 6) is 0. The van der Waals surface area contributed by atoms with Crippen molar-refractivity contribution in [3.8, 4) is 0 Å². The zero-order chi connectivity index (χ0) is 20.6. The third kappa shape index (κ3) is 4.64. The van der Waals surface area contributed by atoms with Crippen LogP contribution < -0.4 is 0 Å². The first-order valence-corrected chi connectivity index (χ1v) is 11.3. The molecular formula is C24H33ClN2O2. The fourth-order valence-electron chi connectivity index (χ4n) is 5.03. The lowest BCUT2D eigenvalue weighted by molar-refractivity contribution is -0.0629. The van der Waals surface area contributed by atoms with Gasteiger partial charge < -0.3 is 9.64 Å². The minimum Gasteiger partial charge on any atom is -0.444 e. The molecular weight excluding hydrogens is 384 g/mol. The second-order valence-corrected chi connectivity index (χ2v) is 10.4. The Morgan fingerprint density at radius 1 is 1.14 bits per heavy atom. The maximum atomic E-state index is 12.3. The summed E-state index contributed by atoms with van der Waals surface area (Å²) in [4.78, 5) is 16.9. The van der Waals surface area contributed by atoms with Gasteiger partial charge in [0.25, 0.3) is 0 Å². The first-order chi connectivity index (χ1) is 13.7. The number of amides is 1. The lowest BCUT2D eigenvalue weighted by Crippen LogP contribution is -2.63. The summed E-state index contributed by atoms with van der Waals surface area (Å²) in [6.07, 6.45) is 8.08. The SMILES string of the molecule is CC(C)(C)OC(=O)N1CCC2(CC1)CN(C1CCCC=C1c1ccc(Cl)cc1)C2. The van der Waals surface area contributed by atoms with Crippen molar-refractivity contribution in [2.75, 3.05) is 26.2 Å². The average molecular weight is 417 g/mol. The van der Waals surface area contributed by atoms with Crippen LogP contribution in [-0.4, -0.2) is 53.7 Å². The molecule has 2 saturated heterocycles. The van der Waals surface area contributed by atoms with Crippen LogP contribution in [0, 0.1) is 5.41 Å². The molecule has 3 aliphatic rings. The second-order valence-electron chi connectivity index (χ2n) is 9.99. The van der Waals surface area contributed by atoms with Crippen molar-refractivity contribution in [3.05, 3.63) is 40.9 Å². The number of nitrogens with zero attached hydrogens (tertiary/aromatic N) is 2. The predicted octanol–water partition coefficient (Wildman–Crippen LogP) is 5.61. The lowest BCUT2D eigenvalue weighted by Gasteiger charge is -2.57. The molecule has 1 amide bonds. The Hall–Kier alpha value is -1.52. The summed E-state index contributed by atoms with van der Waals surface area (Å²) in [6.45, 7) is 9.69. The Bertz CT molecular complexity index is 765. The molecule has 1 spiro atoms. The highest BCUT2D eigenvalue weighted by Crippen LogP contribution is 2.45. The molecule has 2 heterocycles. The largest absolute Gasteiger partial charge is 0.444 e. The average Bonchev–Trinajstić information content (AvgIpc) is 2.65. The summed E-state index contributed by atoms with van der Waals surface area (Å²) in [5, 5.41) is 0.793. The van der Waals surface area contributed by atoms with Crippen molar-refractivity contribution in [1.29, 1.82) is 0 Å². The Balaban J connectivity index is 1.35. The number of ether oxygens (including phenoxy) is 1. The van der Waals surface area contributed by atoms with Gasteiger partial charge in [0.1, 0.15) is 5.60 Å². The number of hydrogen-bond donors (Lipinski definition) is 0. The first kappa shape index (κ1) is 20.7. The molecule has 1 aromatic rings. The Morgan fingerprint density at radius 3 is 2.41 bits per heavy atom. The van der Waals surface area contributed by atoms with E-state index in [2.05, 4.69) is 23.1 Å². The molecule has 2 fully saturated rings. The highest BCUT2D eigenvalue weighted by Gasteiger charge is 2.48. The fraction of sp³-hybridized carbons (Fsp3) is 0.625. The van der Waals surface area contributed by atoms with E-state index in [1.165, 1.54) is 24.0 Å². The molecule has 1 aromatic carbocycles. The van der Waals surface area contributed by atoms with Crippen molar-refractivity contribution in [2.45, 2.75) is 64.5 Å². The smallest absolute Gasteiger partial charge is 0.410 e. The van der Waals surface area contributed by atoms with Crippen LogP contribution in [0.25, 0.3) is 5.57 Å². The first-order valence-electron chi connectivity index (χ1n) is 10.9. The van der Waals surface area contributed by atoms with Gasteiger partial charge in [-0.2, -0.15) is 0 Å². The number of hydrogen-bond acceptors (Lipinski definition) is 3. The molecule has 4 nitrogen and oxygen atoms in total. The van der Waals surface area contributed by atoms with Crippen molar-refractivity contribution in [2.24, 2.45) is 5.41 Å². The minimum absolute atomic E-state index is 0.163. The lowest BCUT2D eigenvalue weighted by atomic mass is 9.70. The van der Waals surface area contributed by atoms with Crippen LogP contribution in [0.4, 0.5) is 4.79 Å². The standard InChI is InChI=1S/C24H33ClN2O2/c1-23(2,3)29-22(28)26-14-12-24(13-15-26)16-27(17-24)21-7-5-4-6-20(21)18-8-10-19(25)11-9-18/h6,8-11,21H,4-5,7,12-17H2,1-3H3. The van der Waals surface area contributed by atoms with Gasteiger partial charge in [-0.3, -0.25) is 4.90 Å². The van der Waals surface area contributed by atoms with Crippen LogP contribution in [-0.2, 0) is 4.74 Å². The number of allylic oxidation sites excluding steroid dienone is 1. The number of benzene rings is 1. The van der Waals surface area contributed by atoms with Crippen LogP contribution in [0.2, 0.25) is 5.02 Å². The third-order valence-corrected chi connectivity index (χ3v) is 6.83. The van der Waals surface area contributed by atoms with E-state index in [0.717, 1.165) is 50.5 Å². The van der Waals surface area contributed by atoms with Crippen LogP contribution in [0.5, 0.6) is 0 Å². The molecule has 1 aliphatic carbocycles. The molecule has 0 bridgehead atoms. The summed E-state index contributed by atoms with van der Waals surface area (Å²) in [5.41, 5.74) is 2.72. The zero-order valence-corrected chi connectivity index (χ0v) is 18.7. The van der Waals surface area contributed by atoms with Crippen LogP contribution in [0.15, 0.2) is 30.3 Å². The molecule has 2 aliphatic heterocycles. The van der Waals surface area contributed by atoms with Gasteiger partial charge in [-0.25, -0.2) is 4.79 Å². The molecule has 1 unspecified atom stereocenters. The summed E-state index contributed by atoms with van der Waals surface area (Å²) < 4.78 is 5.54. The number of likely N-dealkylation sites (tertiary alicyclic amines) is 2. The fourth-order valence-corrected chi connectivity index (χ4v) is 5.16. The topological polar surface area (TPSA) is 32.8 Å². The van der Waals surface area contributed by atoms with Crippen molar-refractivity contribution >= 4 is 23.3 Å². The number of halogens is 1. The van der Waals surface area contributed by atoms with Crippen molar-refractivity contribution in [1.82, 2.24) is 9.80 Å². The molecule has 29 heavy (non-hydrogen) atoms. The number of piperidine rings is 1. The Labute approximate surface area is 179 Å². The van der Waals surface area contributed by atoms with E-state index in [1.807, 2.05) is 37.8 Å². The molecule has 0 N–H and O–H groups in total. The Morgan fingerprint density at radius 2 is 1.79 bits per heavy atom. The summed E-state index contributed by atoms with van der Waals surface area (Å²) in [7, 11) is 0. The van der Waals surface area contributed by atoms with Crippen LogP contribution >= 0.6 is 11.6 Å². The molecule has 0 aromatic heterocycles. The van der Waals surface area contributed by atoms with E-state index in [9.17, 15) is 4.79 Å². The maximum absolute atomic E-state index is 12.3. The number of carbonyl (C=O) groups is 1. The van der Waals surface area contributed by atoms with E-state index < -0.39 is 5.60 Å². The summed E-state index contributed by atoms with van der Waals surface area (Å²) in [6, 6.07) is 8.81.